The molecule has 0 aliphatic heterocycles. The van der Waals surface area contributed by atoms with E-state index in [9.17, 15) is 4.79 Å². The topological polar surface area (TPSA) is 63.3 Å². The summed E-state index contributed by atoms with van der Waals surface area (Å²) in [6.45, 7) is 5.50. The van der Waals surface area contributed by atoms with E-state index in [1.165, 1.54) is 6.08 Å². The summed E-state index contributed by atoms with van der Waals surface area (Å²) in [5.74, 6) is -0.910. The molecule has 0 heterocycles. The normalized spacial score (nSPS) is 13.3. The smallest absolute Gasteiger partial charge is 0.328 e. The molecule has 0 aromatic rings. The summed E-state index contributed by atoms with van der Waals surface area (Å²) in [4.78, 5) is 10.2. The van der Waals surface area contributed by atoms with Crippen molar-refractivity contribution in [3.8, 4) is 0 Å². The third-order valence-electron chi connectivity index (χ3n) is 1.10. The summed E-state index contributed by atoms with van der Waals surface area (Å²) in [7, 11) is 0. The minimum Gasteiger partial charge on any atom is -0.478 e. The molecule has 0 unspecified atom stereocenters. The van der Waals surface area contributed by atoms with E-state index in [0.717, 1.165) is 5.57 Å². The van der Waals surface area contributed by atoms with Gasteiger partial charge in [-0.15, -0.1) is 0 Å². The van der Waals surface area contributed by atoms with Gasteiger partial charge >= 0.3 is 5.97 Å². The lowest BCUT2D eigenvalue weighted by atomic mass is 9.97. The Hall–Kier alpha value is -0.830. The Balaban J connectivity index is 4.07. The maximum Gasteiger partial charge on any atom is 0.328 e. The van der Waals surface area contributed by atoms with Crippen LogP contribution in [-0.2, 0) is 4.79 Å². The van der Waals surface area contributed by atoms with Gasteiger partial charge in [-0.3, -0.25) is 0 Å². The highest BCUT2D eigenvalue weighted by Gasteiger charge is 2.11. The van der Waals surface area contributed by atoms with Crippen molar-refractivity contribution in [1.82, 2.24) is 0 Å². The van der Waals surface area contributed by atoms with Crippen molar-refractivity contribution in [3.63, 3.8) is 0 Å². The van der Waals surface area contributed by atoms with Gasteiger partial charge in [-0.25, -0.2) is 4.79 Å². The van der Waals surface area contributed by atoms with E-state index in [2.05, 4.69) is 0 Å². The number of carboxylic acids is 1. The number of hydrogen-bond donors (Lipinski definition) is 2. The van der Waals surface area contributed by atoms with Gasteiger partial charge in [0.1, 0.15) is 0 Å². The fraction of sp³-hybridized carbons (Fsp3) is 0.625. The third-order valence-corrected chi connectivity index (χ3v) is 1.10. The van der Waals surface area contributed by atoms with Crippen LogP contribution in [0.3, 0.4) is 0 Å². The van der Waals surface area contributed by atoms with E-state index in [1.54, 1.807) is 6.92 Å². The Morgan fingerprint density at radius 1 is 1.64 bits per heavy atom. The number of carboxylic acid groups (broad SMARTS) is 1. The fourth-order valence-corrected chi connectivity index (χ4v) is 0.980. The molecule has 0 aliphatic carbocycles. The summed E-state index contributed by atoms with van der Waals surface area (Å²) < 4.78 is 0. The average Bonchev–Trinajstić information content (AvgIpc) is 1.53. The monoisotopic (exact) mass is 157 g/mol. The number of hydrogen-bond acceptors (Lipinski definition) is 2. The van der Waals surface area contributed by atoms with Crippen LogP contribution in [0.25, 0.3) is 0 Å². The molecular formula is C8H15NO2. The molecule has 3 N–H and O–H groups in total. The maximum atomic E-state index is 10.2. The highest BCUT2D eigenvalue weighted by Crippen LogP contribution is 2.11. The van der Waals surface area contributed by atoms with E-state index in [4.69, 9.17) is 10.8 Å². The van der Waals surface area contributed by atoms with E-state index >= 15 is 0 Å². The van der Waals surface area contributed by atoms with Crippen LogP contribution in [0.2, 0.25) is 0 Å². The van der Waals surface area contributed by atoms with Crippen molar-refractivity contribution in [2.75, 3.05) is 0 Å². The molecule has 11 heavy (non-hydrogen) atoms. The van der Waals surface area contributed by atoms with Gasteiger partial charge in [-0.1, -0.05) is 5.57 Å². The van der Waals surface area contributed by atoms with E-state index in [-0.39, 0.29) is 5.54 Å². The zero-order valence-electron chi connectivity index (χ0n) is 7.22. The lowest BCUT2D eigenvalue weighted by molar-refractivity contribution is -0.131. The first-order chi connectivity index (χ1) is 4.81. The summed E-state index contributed by atoms with van der Waals surface area (Å²) in [5.41, 5.74) is 6.15. The second kappa shape index (κ2) is 3.53. The predicted octanol–water partition coefficient (Wildman–Crippen LogP) is 1.14. The molecule has 0 saturated heterocycles. The van der Waals surface area contributed by atoms with Crippen molar-refractivity contribution >= 4 is 5.97 Å². The zero-order valence-corrected chi connectivity index (χ0v) is 7.22. The van der Waals surface area contributed by atoms with Crippen LogP contribution in [0.4, 0.5) is 0 Å². The molecule has 0 saturated carbocycles. The summed E-state index contributed by atoms with van der Waals surface area (Å²) in [5, 5.41) is 8.36. The standard InChI is InChI=1S/C8H15NO2/c1-6(4-7(10)11)5-8(2,3)9/h4H,5,9H2,1-3H3,(H,10,11)/b6-4+. The van der Waals surface area contributed by atoms with Gasteiger partial charge in [0.25, 0.3) is 0 Å². The summed E-state index contributed by atoms with van der Waals surface area (Å²) >= 11 is 0. The molecule has 0 fully saturated rings. The van der Waals surface area contributed by atoms with Crippen LogP contribution in [0.15, 0.2) is 11.6 Å². The van der Waals surface area contributed by atoms with E-state index in [1.807, 2.05) is 13.8 Å². The lowest BCUT2D eigenvalue weighted by Crippen LogP contribution is -2.31. The molecule has 0 bridgehead atoms. The molecule has 0 aliphatic rings. The molecule has 0 rings (SSSR count). The summed E-state index contributed by atoms with van der Waals surface area (Å²) in [6, 6.07) is 0. The van der Waals surface area contributed by atoms with Crippen molar-refractivity contribution in [3.05, 3.63) is 11.6 Å². The second-order valence-corrected chi connectivity index (χ2v) is 3.49. The number of nitrogens with two attached hydrogens (primary N) is 1. The van der Waals surface area contributed by atoms with Crippen molar-refractivity contribution < 1.29 is 9.90 Å². The van der Waals surface area contributed by atoms with Crippen LogP contribution in [0.1, 0.15) is 27.2 Å². The van der Waals surface area contributed by atoms with Crippen LogP contribution in [-0.4, -0.2) is 16.6 Å². The van der Waals surface area contributed by atoms with Gasteiger partial charge in [0.05, 0.1) is 0 Å². The van der Waals surface area contributed by atoms with Gasteiger partial charge in [-0.2, -0.15) is 0 Å². The van der Waals surface area contributed by atoms with Crippen LogP contribution in [0.5, 0.6) is 0 Å². The largest absolute Gasteiger partial charge is 0.478 e. The first-order valence-electron chi connectivity index (χ1n) is 3.50. The minimum atomic E-state index is -0.910. The average molecular weight is 157 g/mol. The van der Waals surface area contributed by atoms with E-state index < -0.39 is 5.97 Å². The molecule has 0 aromatic carbocycles. The molecule has 64 valence electrons. The Labute approximate surface area is 66.9 Å². The van der Waals surface area contributed by atoms with Gasteiger partial charge in [0.15, 0.2) is 0 Å². The van der Waals surface area contributed by atoms with Crippen LogP contribution >= 0.6 is 0 Å². The maximum absolute atomic E-state index is 10.2. The molecule has 0 atom stereocenters. The van der Waals surface area contributed by atoms with Crippen LogP contribution in [0, 0.1) is 0 Å². The van der Waals surface area contributed by atoms with E-state index in [0.29, 0.717) is 6.42 Å². The second-order valence-electron chi connectivity index (χ2n) is 3.49. The minimum absolute atomic E-state index is 0.323. The number of carbonyl (C=O) groups is 1. The SMILES string of the molecule is C/C(=C\C(=O)O)CC(C)(C)N. The highest BCUT2D eigenvalue weighted by atomic mass is 16.4. The van der Waals surface area contributed by atoms with Crippen molar-refractivity contribution in [2.24, 2.45) is 5.73 Å². The first-order valence-corrected chi connectivity index (χ1v) is 3.50. The number of aliphatic carboxylic acids is 1. The Kier molecular flexibility index (Phi) is 3.26. The molecule has 3 heteroatoms. The van der Waals surface area contributed by atoms with Gasteiger partial charge < -0.3 is 10.8 Å². The predicted molar refractivity (Wildman–Crippen MR) is 44.3 cm³/mol. The molecule has 3 nitrogen and oxygen atoms in total. The Morgan fingerprint density at radius 3 is 2.36 bits per heavy atom. The van der Waals surface area contributed by atoms with Gasteiger partial charge in [0, 0.05) is 11.6 Å². The van der Waals surface area contributed by atoms with Crippen LogP contribution < -0.4 is 5.73 Å². The Bertz CT molecular complexity index is 177. The van der Waals surface area contributed by atoms with Gasteiger partial charge in [0.2, 0.25) is 0 Å². The van der Waals surface area contributed by atoms with Crippen molar-refractivity contribution in [1.29, 1.82) is 0 Å². The lowest BCUT2D eigenvalue weighted by Gasteiger charge is -2.17. The summed E-state index contributed by atoms with van der Waals surface area (Å²) in [6.07, 6.45) is 1.80. The third kappa shape index (κ3) is 7.06. The molecule has 0 radical (unpaired) electrons. The Morgan fingerprint density at radius 2 is 2.09 bits per heavy atom. The molecule has 0 aromatic heterocycles. The van der Waals surface area contributed by atoms with Gasteiger partial charge in [-0.05, 0) is 27.2 Å². The zero-order chi connectivity index (χ0) is 9.07. The number of rotatable bonds is 3. The molecular weight excluding hydrogens is 142 g/mol. The fourth-order valence-electron chi connectivity index (χ4n) is 0.980. The molecule has 0 amide bonds. The highest BCUT2D eigenvalue weighted by molar-refractivity contribution is 5.80. The first kappa shape index (κ1) is 10.2. The van der Waals surface area contributed by atoms with Crippen molar-refractivity contribution in [2.45, 2.75) is 32.7 Å². The quantitative estimate of drug-likeness (QED) is 0.604. The molecule has 0 spiro atoms.